The second kappa shape index (κ2) is 11.0. The topological polar surface area (TPSA) is 51.0 Å². The van der Waals surface area contributed by atoms with Crippen molar-refractivity contribution in [2.45, 2.75) is 26.7 Å². The van der Waals surface area contributed by atoms with E-state index >= 15 is 0 Å². The van der Waals surface area contributed by atoms with Crippen molar-refractivity contribution in [2.75, 3.05) is 13.1 Å². The van der Waals surface area contributed by atoms with Gasteiger partial charge in [-0.2, -0.15) is 5.10 Å². The number of carbonyl (C=O) groups excluding carboxylic acids is 1. The van der Waals surface area contributed by atoms with Crippen molar-refractivity contribution in [1.29, 1.82) is 0 Å². The minimum Gasteiger partial charge on any atom is -0.339 e. The van der Waals surface area contributed by atoms with Gasteiger partial charge in [0.2, 0.25) is 0 Å². The lowest BCUT2D eigenvalue weighted by Crippen LogP contribution is -2.32. The number of carbonyl (C=O) groups is 1. The molecule has 0 spiro atoms. The Balaban J connectivity index is 1.66. The Labute approximate surface area is 222 Å². The van der Waals surface area contributed by atoms with E-state index in [1.807, 2.05) is 59.0 Å². The number of hydrogen-bond acceptors (Lipinski definition) is 3. The van der Waals surface area contributed by atoms with E-state index in [1.165, 1.54) is 0 Å². The standard InChI is InChI=1S/C31H29ClN4O/c1-3-5-19-35(4-2)31(37)27-21-34-36(29-17-18-33-28-20-25(32)15-16-26(28)29)30(27)24-13-11-23(12-14-24)22-9-7-6-8-10-22/h6-18,20-21H,3-5,19H2,1-2H3. The van der Waals surface area contributed by atoms with Gasteiger partial charge in [-0.15, -0.1) is 0 Å². The molecule has 2 aromatic heterocycles. The van der Waals surface area contributed by atoms with Crippen molar-refractivity contribution in [2.24, 2.45) is 0 Å². The SMILES string of the molecule is CCCCN(CC)C(=O)c1cnn(-c2ccnc3cc(Cl)ccc23)c1-c1ccc(-c2ccccc2)cc1. The molecule has 37 heavy (non-hydrogen) atoms. The minimum atomic E-state index is -0.00857. The summed E-state index contributed by atoms with van der Waals surface area (Å²) in [5.41, 5.74) is 6.16. The van der Waals surface area contributed by atoms with Crippen LogP contribution in [0, 0.1) is 0 Å². The van der Waals surface area contributed by atoms with Gasteiger partial charge in [0.25, 0.3) is 5.91 Å². The van der Waals surface area contributed by atoms with Crippen LogP contribution in [0.4, 0.5) is 0 Å². The molecular formula is C31H29ClN4O. The van der Waals surface area contributed by atoms with Crippen molar-refractivity contribution in [3.05, 3.63) is 102 Å². The average Bonchev–Trinajstić information content (AvgIpc) is 3.38. The number of hydrogen-bond donors (Lipinski definition) is 0. The molecule has 0 fully saturated rings. The Bertz CT molecular complexity index is 1530. The lowest BCUT2D eigenvalue weighted by Gasteiger charge is -2.21. The van der Waals surface area contributed by atoms with E-state index in [4.69, 9.17) is 16.7 Å². The fraction of sp³-hybridized carbons (Fsp3) is 0.194. The van der Waals surface area contributed by atoms with Gasteiger partial charge in [-0.25, -0.2) is 4.68 Å². The molecule has 0 aliphatic rings. The number of aromatic nitrogens is 3. The van der Waals surface area contributed by atoms with Crippen LogP contribution in [-0.4, -0.2) is 38.7 Å². The van der Waals surface area contributed by atoms with Gasteiger partial charge in [-0.3, -0.25) is 9.78 Å². The highest BCUT2D eigenvalue weighted by atomic mass is 35.5. The molecule has 0 aliphatic heterocycles. The number of halogens is 1. The molecule has 0 saturated carbocycles. The van der Waals surface area contributed by atoms with E-state index in [2.05, 4.69) is 48.3 Å². The van der Waals surface area contributed by atoms with Gasteiger partial charge < -0.3 is 4.90 Å². The molecule has 0 bridgehead atoms. The molecule has 5 rings (SSSR count). The zero-order valence-electron chi connectivity index (χ0n) is 21.1. The number of unbranched alkanes of at least 4 members (excludes halogenated alkanes) is 1. The highest BCUT2D eigenvalue weighted by molar-refractivity contribution is 6.31. The molecule has 1 amide bonds. The summed E-state index contributed by atoms with van der Waals surface area (Å²) in [5.74, 6) is -0.00857. The normalized spacial score (nSPS) is 11.1. The number of rotatable bonds is 8. The van der Waals surface area contributed by atoms with Gasteiger partial charge in [-0.05, 0) is 48.7 Å². The van der Waals surface area contributed by atoms with E-state index < -0.39 is 0 Å². The van der Waals surface area contributed by atoms with Gasteiger partial charge in [-0.1, -0.05) is 79.5 Å². The summed E-state index contributed by atoms with van der Waals surface area (Å²) in [5, 5.41) is 6.28. The van der Waals surface area contributed by atoms with Crippen LogP contribution in [-0.2, 0) is 0 Å². The Morgan fingerprint density at radius 2 is 1.65 bits per heavy atom. The smallest absolute Gasteiger partial charge is 0.257 e. The number of benzene rings is 3. The Kier molecular flexibility index (Phi) is 7.33. The van der Waals surface area contributed by atoms with Crippen molar-refractivity contribution in [1.82, 2.24) is 19.7 Å². The Hall–Kier alpha value is -3.96. The van der Waals surface area contributed by atoms with Crippen LogP contribution in [0.25, 0.3) is 39.0 Å². The summed E-state index contributed by atoms with van der Waals surface area (Å²) in [4.78, 5) is 20.2. The fourth-order valence-electron chi connectivity index (χ4n) is 4.63. The largest absolute Gasteiger partial charge is 0.339 e. The molecule has 5 aromatic rings. The third-order valence-electron chi connectivity index (χ3n) is 6.63. The summed E-state index contributed by atoms with van der Waals surface area (Å²) < 4.78 is 1.86. The zero-order valence-corrected chi connectivity index (χ0v) is 21.8. The molecule has 3 aromatic carbocycles. The number of pyridine rings is 1. The lowest BCUT2D eigenvalue weighted by atomic mass is 10.0. The lowest BCUT2D eigenvalue weighted by molar-refractivity contribution is 0.0763. The highest BCUT2D eigenvalue weighted by Gasteiger charge is 2.24. The van der Waals surface area contributed by atoms with Crippen LogP contribution in [0.1, 0.15) is 37.0 Å². The molecule has 0 saturated heterocycles. The van der Waals surface area contributed by atoms with Crippen molar-refractivity contribution in [3.8, 4) is 28.1 Å². The number of nitrogens with zero attached hydrogens (tertiary/aromatic N) is 4. The van der Waals surface area contributed by atoms with Gasteiger partial charge in [0, 0.05) is 35.3 Å². The summed E-state index contributed by atoms with van der Waals surface area (Å²) in [6, 6.07) is 26.1. The van der Waals surface area contributed by atoms with Crippen molar-refractivity contribution >= 4 is 28.4 Å². The maximum absolute atomic E-state index is 13.8. The van der Waals surface area contributed by atoms with Crippen molar-refractivity contribution in [3.63, 3.8) is 0 Å². The minimum absolute atomic E-state index is 0.00857. The zero-order chi connectivity index (χ0) is 25.8. The average molecular weight is 509 g/mol. The molecular weight excluding hydrogens is 480 g/mol. The number of fused-ring (bicyclic) bond motifs is 1. The third-order valence-corrected chi connectivity index (χ3v) is 6.86. The summed E-state index contributed by atoms with van der Waals surface area (Å²) in [6.45, 7) is 5.52. The molecule has 186 valence electrons. The third kappa shape index (κ3) is 5.00. The molecule has 5 nitrogen and oxygen atoms in total. The van der Waals surface area contributed by atoms with Gasteiger partial charge >= 0.3 is 0 Å². The Morgan fingerprint density at radius 3 is 2.38 bits per heavy atom. The molecule has 0 N–H and O–H groups in total. The molecule has 0 aliphatic carbocycles. The van der Waals surface area contributed by atoms with Crippen LogP contribution in [0.2, 0.25) is 5.02 Å². The maximum Gasteiger partial charge on any atom is 0.257 e. The van der Waals surface area contributed by atoms with Gasteiger partial charge in [0.15, 0.2) is 0 Å². The monoisotopic (exact) mass is 508 g/mol. The van der Waals surface area contributed by atoms with Gasteiger partial charge in [0.05, 0.1) is 28.7 Å². The first-order valence-electron chi connectivity index (χ1n) is 12.7. The van der Waals surface area contributed by atoms with E-state index in [1.54, 1.807) is 12.4 Å². The first kappa shape index (κ1) is 24.7. The molecule has 0 atom stereocenters. The second-order valence-electron chi connectivity index (χ2n) is 8.99. The highest BCUT2D eigenvalue weighted by Crippen LogP contribution is 2.32. The predicted octanol–water partition coefficient (Wildman–Crippen LogP) is 7.67. The van der Waals surface area contributed by atoms with Crippen LogP contribution in [0.3, 0.4) is 0 Å². The summed E-state index contributed by atoms with van der Waals surface area (Å²) >= 11 is 6.24. The van der Waals surface area contributed by atoms with E-state index in [0.717, 1.165) is 58.4 Å². The Morgan fingerprint density at radius 1 is 0.919 bits per heavy atom. The molecule has 0 unspecified atom stereocenters. The first-order valence-corrected chi connectivity index (χ1v) is 13.1. The summed E-state index contributed by atoms with van der Waals surface area (Å²) in [6.07, 6.45) is 5.44. The van der Waals surface area contributed by atoms with Crippen LogP contribution in [0.15, 0.2) is 91.3 Å². The summed E-state index contributed by atoms with van der Waals surface area (Å²) in [7, 11) is 0. The molecule has 6 heteroatoms. The van der Waals surface area contributed by atoms with Crippen LogP contribution < -0.4 is 0 Å². The van der Waals surface area contributed by atoms with E-state index in [-0.39, 0.29) is 5.91 Å². The first-order chi connectivity index (χ1) is 18.1. The number of amides is 1. The predicted molar refractivity (Wildman–Crippen MR) is 151 cm³/mol. The quantitative estimate of drug-likeness (QED) is 0.216. The second-order valence-corrected chi connectivity index (χ2v) is 9.43. The van der Waals surface area contributed by atoms with E-state index in [0.29, 0.717) is 17.1 Å². The molecule has 2 heterocycles. The van der Waals surface area contributed by atoms with E-state index in [9.17, 15) is 4.79 Å². The maximum atomic E-state index is 13.8. The van der Waals surface area contributed by atoms with Crippen molar-refractivity contribution < 1.29 is 4.79 Å². The molecule has 0 radical (unpaired) electrons. The fourth-order valence-corrected chi connectivity index (χ4v) is 4.80. The van der Waals surface area contributed by atoms with Crippen LogP contribution in [0.5, 0.6) is 0 Å². The van der Waals surface area contributed by atoms with Gasteiger partial charge in [0.1, 0.15) is 0 Å². The van der Waals surface area contributed by atoms with Crippen LogP contribution >= 0.6 is 11.6 Å².